The lowest BCUT2D eigenvalue weighted by molar-refractivity contribution is 0.111. The predicted octanol–water partition coefficient (Wildman–Crippen LogP) is 2.16. The van der Waals surface area contributed by atoms with Gasteiger partial charge in [-0.15, -0.1) is 5.10 Å². The molecule has 92 valence electrons. The van der Waals surface area contributed by atoms with Crippen LogP contribution in [0.3, 0.4) is 0 Å². The second-order valence-electron chi connectivity index (χ2n) is 4.54. The molecule has 1 aromatic carbocycles. The molecule has 1 aromatic heterocycles. The SMILES string of the molecule is O=Cc1nnn(Cc2ccc(F)cc2)c1C1CC1. The topological polar surface area (TPSA) is 47.8 Å². The van der Waals surface area contributed by atoms with Crippen LogP contribution in [0.2, 0.25) is 0 Å². The standard InChI is InChI=1S/C13H12FN3O/c14-11-5-1-9(2-6-11)7-17-13(10-3-4-10)12(8-18)15-16-17/h1-2,5-6,8,10H,3-4,7H2. The van der Waals surface area contributed by atoms with E-state index in [1.54, 1.807) is 16.8 Å². The van der Waals surface area contributed by atoms with Crippen molar-refractivity contribution >= 4 is 6.29 Å². The highest BCUT2D eigenvalue weighted by Gasteiger charge is 2.31. The summed E-state index contributed by atoms with van der Waals surface area (Å²) >= 11 is 0. The Labute approximate surface area is 103 Å². The van der Waals surface area contributed by atoms with Crippen LogP contribution in [-0.4, -0.2) is 21.3 Å². The molecule has 0 spiro atoms. The van der Waals surface area contributed by atoms with Gasteiger partial charge in [0, 0.05) is 5.92 Å². The van der Waals surface area contributed by atoms with Crippen LogP contribution in [0.4, 0.5) is 4.39 Å². The van der Waals surface area contributed by atoms with E-state index in [-0.39, 0.29) is 5.82 Å². The lowest BCUT2D eigenvalue weighted by Gasteiger charge is -2.05. The van der Waals surface area contributed by atoms with Crippen molar-refractivity contribution in [1.29, 1.82) is 0 Å². The summed E-state index contributed by atoms with van der Waals surface area (Å²) in [5, 5.41) is 7.89. The predicted molar refractivity (Wildman–Crippen MR) is 62.9 cm³/mol. The van der Waals surface area contributed by atoms with Gasteiger partial charge in [-0.25, -0.2) is 9.07 Å². The largest absolute Gasteiger partial charge is 0.296 e. The number of hydrogen-bond donors (Lipinski definition) is 0. The van der Waals surface area contributed by atoms with Crippen LogP contribution in [0.25, 0.3) is 0 Å². The lowest BCUT2D eigenvalue weighted by Crippen LogP contribution is -2.06. The van der Waals surface area contributed by atoms with Gasteiger partial charge in [-0.2, -0.15) is 0 Å². The van der Waals surface area contributed by atoms with E-state index in [2.05, 4.69) is 10.3 Å². The summed E-state index contributed by atoms with van der Waals surface area (Å²) in [5.74, 6) is 0.147. The van der Waals surface area contributed by atoms with Gasteiger partial charge in [-0.1, -0.05) is 17.3 Å². The van der Waals surface area contributed by atoms with E-state index in [0.717, 1.165) is 30.4 Å². The zero-order valence-corrected chi connectivity index (χ0v) is 9.71. The third-order valence-electron chi connectivity index (χ3n) is 3.12. The number of benzene rings is 1. The number of hydrogen-bond acceptors (Lipinski definition) is 3. The molecule has 1 fully saturated rings. The van der Waals surface area contributed by atoms with Crippen LogP contribution in [0.15, 0.2) is 24.3 Å². The molecule has 1 saturated carbocycles. The molecule has 0 unspecified atom stereocenters. The van der Waals surface area contributed by atoms with Gasteiger partial charge < -0.3 is 0 Å². The molecule has 0 amide bonds. The zero-order valence-electron chi connectivity index (χ0n) is 9.71. The molecule has 0 bridgehead atoms. The minimum atomic E-state index is -0.256. The zero-order chi connectivity index (χ0) is 12.5. The van der Waals surface area contributed by atoms with Gasteiger partial charge >= 0.3 is 0 Å². The maximum atomic E-state index is 12.8. The van der Waals surface area contributed by atoms with Gasteiger partial charge in [-0.3, -0.25) is 4.79 Å². The molecule has 18 heavy (non-hydrogen) atoms. The quantitative estimate of drug-likeness (QED) is 0.775. The molecule has 3 rings (SSSR count). The van der Waals surface area contributed by atoms with Crippen LogP contribution in [0.1, 0.15) is 40.5 Å². The minimum Gasteiger partial charge on any atom is -0.296 e. The normalized spacial score (nSPS) is 14.7. The van der Waals surface area contributed by atoms with Gasteiger partial charge in [0.1, 0.15) is 11.5 Å². The number of halogens is 1. The van der Waals surface area contributed by atoms with Crippen LogP contribution >= 0.6 is 0 Å². The summed E-state index contributed by atoms with van der Waals surface area (Å²) < 4.78 is 14.6. The van der Waals surface area contributed by atoms with E-state index in [9.17, 15) is 9.18 Å². The Hall–Kier alpha value is -2.04. The van der Waals surface area contributed by atoms with Crippen LogP contribution in [0, 0.1) is 5.82 Å². The van der Waals surface area contributed by atoms with Gasteiger partial charge in [-0.05, 0) is 30.5 Å². The summed E-state index contributed by atoms with van der Waals surface area (Å²) in [6.07, 6.45) is 2.91. The Morgan fingerprint density at radius 1 is 1.33 bits per heavy atom. The Bertz CT molecular complexity index is 572. The first-order valence-electron chi connectivity index (χ1n) is 5.91. The van der Waals surface area contributed by atoms with Crippen molar-refractivity contribution in [2.24, 2.45) is 0 Å². The second kappa shape index (κ2) is 4.33. The Kier molecular flexibility index (Phi) is 2.66. The van der Waals surface area contributed by atoms with Crippen LogP contribution in [-0.2, 0) is 6.54 Å². The molecular formula is C13H12FN3O. The highest BCUT2D eigenvalue weighted by molar-refractivity contribution is 5.73. The highest BCUT2D eigenvalue weighted by atomic mass is 19.1. The smallest absolute Gasteiger partial charge is 0.172 e. The Morgan fingerprint density at radius 3 is 2.67 bits per heavy atom. The van der Waals surface area contributed by atoms with E-state index in [0.29, 0.717) is 18.2 Å². The first-order chi connectivity index (χ1) is 8.78. The third kappa shape index (κ3) is 2.03. The number of aromatic nitrogens is 3. The monoisotopic (exact) mass is 245 g/mol. The molecule has 0 saturated heterocycles. The van der Waals surface area contributed by atoms with Gasteiger partial charge in [0.2, 0.25) is 0 Å². The van der Waals surface area contributed by atoms with E-state index < -0.39 is 0 Å². The molecule has 1 aliphatic rings. The van der Waals surface area contributed by atoms with Gasteiger partial charge in [0.05, 0.1) is 12.2 Å². The summed E-state index contributed by atoms with van der Waals surface area (Å²) in [5.41, 5.74) is 2.29. The van der Waals surface area contributed by atoms with Crippen molar-refractivity contribution in [2.45, 2.75) is 25.3 Å². The molecule has 1 aliphatic carbocycles. The van der Waals surface area contributed by atoms with Crippen molar-refractivity contribution in [3.8, 4) is 0 Å². The fourth-order valence-electron chi connectivity index (χ4n) is 2.07. The first-order valence-corrected chi connectivity index (χ1v) is 5.91. The Balaban J connectivity index is 1.90. The van der Waals surface area contributed by atoms with Gasteiger partial charge in [0.25, 0.3) is 0 Å². The van der Waals surface area contributed by atoms with Crippen LogP contribution in [0.5, 0.6) is 0 Å². The van der Waals surface area contributed by atoms with Crippen molar-refractivity contribution in [1.82, 2.24) is 15.0 Å². The molecule has 0 aliphatic heterocycles. The van der Waals surface area contributed by atoms with E-state index >= 15 is 0 Å². The molecule has 1 heterocycles. The number of rotatable bonds is 4. The fraction of sp³-hybridized carbons (Fsp3) is 0.308. The van der Waals surface area contributed by atoms with Crippen molar-refractivity contribution < 1.29 is 9.18 Å². The fourth-order valence-corrected chi connectivity index (χ4v) is 2.07. The lowest BCUT2D eigenvalue weighted by atomic mass is 10.2. The minimum absolute atomic E-state index is 0.256. The van der Waals surface area contributed by atoms with E-state index in [1.165, 1.54) is 12.1 Å². The molecule has 0 radical (unpaired) electrons. The Morgan fingerprint density at radius 2 is 2.06 bits per heavy atom. The average Bonchev–Trinajstić information content (AvgIpc) is 3.14. The van der Waals surface area contributed by atoms with E-state index in [4.69, 9.17) is 0 Å². The maximum absolute atomic E-state index is 12.8. The molecular weight excluding hydrogens is 233 g/mol. The molecule has 5 heteroatoms. The molecule has 4 nitrogen and oxygen atoms in total. The first kappa shape index (κ1) is 11.1. The summed E-state index contributed by atoms with van der Waals surface area (Å²) in [6, 6.07) is 6.27. The number of aldehydes is 1. The summed E-state index contributed by atoms with van der Waals surface area (Å²) in [6.45, 7) is 0.521. The van der Waals surface area contributed by atoms with E-state index in [1.807, 2.05) is 0 Å². The summed E-state index contributed by atoms with van der Waals surface area (Å²) in [4.78, 5) is 10.9. The van der Waals surface area contributed by atoms with Crippen molar-refractivity contribution in [2.75, 3.05) is 0 Å². The molecule has 0 N–H and O–H groups in total. The highest BCUT2D eigenvalue weighted by Crippen LogP contribution is 2.40. The van der Waals surface area contributed by atoms with Crippen molar-refractivity contribution in [3.63, 3.8) is 0 Å². The van der Waals surface area contributed by atoms with Gasteiger partial charge in [0.15, 0.2) is 6.29 Å². The third-order valence-corrected chi connectivity index (χ3v) is 3.12. The molecule has 0 atom stereocenters. The maximum Gasteiger partial charge on any atom is 0.172 e. The number of carbonyl (C=O) groups excluding carboxylic acids is 1. The average molecular weight is 245 g/mol. The second-order valence-corrected chi connectivity index (χ2v) is 4.54. The van der Waals surface area contributed by atoms with Crippen molar-refractivity contribution in [3.05, 3.63) is 47.0 Å². The number of carbonyl (C=O) groups is 1. The molecule has 2 aromatic rings. The van der Waals surface area contributed by atoms with Crippen LogP contribution < -0.4 is 0 Å². The number of nitrogens with zero attached hydrogens (tertiary/aromatic N) is 3. The summed E-state index contributed by atoms with van der Waals surface area (Å²) in [7, 11) is 0.